The SMILES string of the molecule is Bc1ccc(CCCC(C)CCCC(C)C)cc1-c1cc(OCCC(C)CCCC(C)C)ccc1B. The fourth-order valence-corrected chi connectivity index (χ4v) is 5.17. The molecule has 0 saturated heterocycles. The van der Waals surface area contributed by atoms with Crippen molar-refractivity contribution < 1.29 is 4.74 Å². The summed E-state index contributed by atoms with van der Waals surface area (Å²) in [6.07, 6.45) is 13.0. The molecule has 2 unspecified atom stereocenters. The molecule has 0 aliphatic rings. The fourth-order valence-electron chi connectivity index (χ4n) is 5.17. The van der Waals surface area contributed by atoms with Gasteiger partial charge in [-0.05, 0) is 71.8 Å². The van der Waals surface area contributed by atoms with Crippen molar-refractivity contribution in [2.75, 3.05) is 6.61 Å². The summed E-state index contributed by atoms with van der Waals surface area (Å²) >= 11 is 0. The van der Waals surface area contributed by atoms with Crippen LogP contribution in [0, 0.1) is 23.7 Å². The Morgan fingerprint density at radius 3 is 1.75 bits per heavy atom. The third-order valence-electron chi connectivity index (χ3n) is 7.80. The van der Waals surface area contributed by atoms with Crippen molar-refractivity contribution >= 4 is 26.6 Å². The zero-order valence-corrected chi connectivity index (χ0v) is 25.0. The Morgan fingerprint density at radius 2 is 1.14 bits per heavy atom. The van der Waals surface area contributed by atoms with Gasteiger partial charge in [-0.15, -0.1) is 0 Å². The van der Waals surface area contributed by atoms with Crippen LogP contribution in [-0.2, 0) is 6.42 Å². The van der Waals surface area contributed by atoms with Crippen LogP contribution in [0.1, 0.15) is 105 Å². The van der Waals surface area contributed by atoms with E-state index in [1.165, 1.54) is 85.4 Å². The summed E-state index contributed by atoms with van der Waals surface area (Å²) in [4.78, 5) is 0. The first-order valence-corrected chi connectivity index (χ1v) is 15.0. The minimum atomic E-state index is 0.727. The Kier molecular flexibility index (Phi) is 13.8. The minimum absolute atomic E-state index is 0.727. The van der Waals surface area contributed by atoms with Crippen molar-refractivity contribution in [3.05, 3.63) is 42.0 Å². The first kappa shape index (κ1) is 30.6. The van der Waals surface area contributed by atoms with Crippen LogP contribution in [0.3, 0.4) is 0 Å². The van der Waals surface area contributed by atoms with Crippen LogP contribution in [0.15, 0.2) is 36.4 Å². The molecule has 36 heavy (non-hydrogen) atoms. The number of hydrogen-bond acceptors (Lipinski definition) is 1. The Bertz CT molecular complexity index is 816. The summed E-state index contributed by atoms with van der Waals surface area (Å²) in [7, 11) is 4.46. The Morgan fingerprint density at radius 1 is 0.611 bits per heavy atom. The summed E-state index contributed by atoms with van der Waals surface area (Å²) in [5.74, 6) is 4.21. The fraction of sp³-hybridized carbons (Fsp3) is 0.636. The smallest absolute Gasteiger partial charge is 0.140 e. The highest BCUT2D eigenvalue weighted by Crippen LogP contribution is 2.24. The topological polar surface area (TPSA) is 9.23 Å². The molecular formula is C33H54B2O. The molecule has 0 bridgehead atoms. The zero-order chi connectivity index (χ0) is 26.5. The van der Waals surface area contributed by atoms with Crippen molar-refractivity contribution in [2.45, 2.75) is 106 Å². The standard InChI is InChI=1S/C33H54B2O/c1-24(2)10-7-12-26(5)14-9-15-28-16-18-32(34)30(22-28)31-23-29(17-19-33(31)35)36-21-20-27(6)13-8-11-25(3)4/h16-19,22-27H,7-15,20-21,34-35H2,1-6H3. The van der Waals surface area contributed by atoms with E-state index in [0.717, 1.165) is 42.4 Å². The van der Waals surface area contributed by atoms with Crippen LogP contribution in [0.25, 0.3) is 11.1 Å². The largest absolute Gasteiger partial charge is 0.494 e. The predicted octanol–water partition coefficient (Wildman–Crippen LogP) is 6.89. The molecule has 0 spiro atoms. The van der Waals surface area contributed by atoms with Gasteiger partial charge in [0.05, 0.1) is 6.61 Å². The van der Waals surface area contributed by atoms with Gasteiger partial charge < -0.3 is 4.74 Å². The maximum atomic E-state index is 6.23. The van der Waals surface area contributed by atoms with Gasteiger partial charge in [-0.25, -0.2) is 0 Å². The molecule has 0 radical (unpaired) electrons. The van der Waals surface area contributed by atoms with Gasteiger partial charge in [0.15, 0.2) is 0 Å². The third-order valence-corrected chi connectivity index (χ3v) is 7.80. The number of benzene rings is 2. The van der Waals surface area contributed by atoms with Crippen LogP contribution in [0.4, 0.5) is 0 Å². The van der Waals surface area contributed by atoms with E-state index < -0.39 is 0 Å². The quantitative estimate of drug-likeness (QED) is 0.221. The van der Waals surface area contributed by atoms with Gasteiger partial charge in [0, 0.05) is 0 Å². The van der Waals surface area contributed by atoms with E-state index in [4.69, 9.17) is 4.74 Å². The van der Waals surface area contributed by atoms with Crippen molar-refractivity contribution in [3.63, 3.8) is 0 Å². The summed E-state index contributed by atoms with van der Waals surface area (Å²) < 4.78 is 6.23. The number of aryl methyl sites for hydroxylation is 1. The number of rotatable bonds is 17. The van der Waals surface area contributed by atoms with Crippen molar-refractivity contribution in [1.82, 2.24) is 0 Å². The van der Waals surface area contributed by atoms with E-state index >= 15 is 0 Å². The van der Waals surface area contributed by atoms with Crippen LogP contribution in [0.2, 0.25) is 0 Å². The molecule has 0 fully saturated rings. The molecule has 0 aromatic heterocycles. The Labute approximate surface area is 226 Å². The summed E-state index contributed by atoms with van der Waals surface area (Å²) in [6.45, 7) is 14.9. The molecule has 2 atom stereocenters. The first-order valence-electron chi connectivity index (χ1n) is 15.0. The maximum absolute atomic E-state index is 6.23. The molecular weight excluding hydrogens is 434 g/mol. The van der Waals surface area contributed by atoms with E-state index in [9.17, 15) is 0 Å². The normalized spacial score (nSPS) is 13.3. The molecule has 0 aliphatic heterocycles. The van der Waals surface area contributed by atoms with Crippen molar-refractivity contribution in [1.29, 1.82) is 0 Å². The number of hydrogen-bond donors (Lipinski definition) is 0. The molecule has 2 rings (SSSR count). The molecule has 0 amide bonds. The van der Waals surface area contributed by atoms with Gasteiger partial charge in [-0.3, -0.25) is 0 Å². The lowest BCUT2D eigenvalue weighted by Gasteiger charge is -2.16. The highest BCUT2D eigenvalue weighted by molar-refractivity contribution is 6.40. The van der Waals surface area contributed by atoms with Gasteiger partial charge >= 0.3 is 0 Å². The highest BCUT2D eigenvalue weighted by Gasteiger charge is 2.10. The lowest BCUT2D eigenvalue weighted by atomic mass is 9.80. The summed E-state index contributed by atoms with van der Waals surface area (Å²) in [5, 5.41) is 0. The molecule has 198 valence electrons. The van der Waals surface area contributed by atoms with Gasteiger partial charge in [0.1, 0.15) is 21.4 Å². The van der Waals surface area contributed by atoms with Crippen LogP contribution < -0.4 is 15.7 Å². The van der Waals surface area contributed by atoms with E-state index in [1.807, 2.05) is 0 Å². The molecule has 0 N–H and O–H groups in total. The molecule has 0 saturated carbocycles. The Hall–Kier alpha value is -1.63. The molecule has 0 heterocycles. The van der Waals surface area contributed by atoms with Crippen LogP contribution in [-0.4, -0.2) is 22.3 Å². The molecule has 3 heteroatoms. The van der Waals surface area contributed by atoms with Crippen LogP contribution in [0.5, 0.6) is 5.75 Å². The lowest BCUT2D eigenvalue weighted by molar-refractivity contribution is 0.276. The van der Waals surface area contributed by atoms with Crippen LogP contribution >= 0.6 is 0 Å². The Balaban J connectivity index is 1.93. The van der Waals surface area contributed by atoms with Gasteiger partial charge in [0.2, 0.25) is 0 Å². The van der Waals surface area contributed by atoms with E-state index in [2.05, 4.69) is 93.6 Å². The predicted molar refractivity (Wildman–Crippen MR) is 167 cm³/mol. The van der Waals surface area contributed by atoms with Gasteiger partial charge in [-0.2, -0.15) is 0 Å². The monoisotopic (exact) mass is 488 g/mol. The number of ether oxygens (including phenoxy) is 1. The molecule has 2 aromatic carbocycles. The molecule has 2 aromatic rings. The lowest BCUT2D eigenvalue weighted by Crippen LogP contribution is -2.15. The van der Waals surface area contributed by atoms with E-state index in [-0.39, 0.29) is 0 Å². The maximum Gasteiger partial charge on any atom is 0.140 e. The second-order valence-electron chi connectivity index (χ2n) is 12.5. The van der Waals surface area contributed by atoms with E-state index in [0.29, 0.717) is 0 Å². The molecule has 0 aliphatic carbocycles. The highest BCUT2D eigenvalue weighted by atomic mass is 16.5. The summed E-state index contributed by atoms with van der Waals surface area (Å²) in [5.41, 5.74) is 6.82. The second kappa shape index (κ2) is 16.3. The zero-order valence-electron chi connectivity index (χ0n) is 25.0. The molecule has 1 nitrogen and oxygen atoms in total. The minimum Gasteiger partial charge on any atom is -0.494 e. The van der Waals surface area contributed by atoms with Crippen molar-refractivity contribution in [2.24, 2.45) is 23.7 Å². The second-order valence-corrected chi connectivity index (χ2v) is 12.5. The van der Waals surface area contributed by atoms with E-state index in [1.54, 1.807) is 0 Å². The van der Waals surface area contributed by atoms with Gasteiger partial charge in [-0.1, -0.05) is 122 Å². The average Bonchev–Trinajstić information content (AvgIpc) is 2.81. The third kappa shape index (κ3) is 11.6. The average molecular weight is 488 g/mol. The van der Waals surface area contributed by atoms with Crippen molar-refractivity contribution in [3.8, 4) is 16.9 Å². The first-order chi connectivity index (χ1) is 17.2. The van der Waals surface area contributed by atoms with Gasteiger partial charge in [0.25, 0.3) is 0 Å². The summed E-state index contributed by atoms with van der Waals surface area (Å²) in [6, 6.07) is 13.7.